The van der Waals surface area contributed by atoms with E-state index in [0.29, 0.717) is 11.1 Å². The minimum absolute atomic E-state index is 0.0266. The highest BCUT2D eigenvalue weighted by molar-refractivity contribution is 6.30. The molecule has 5 N–H and O–H groups in total. The van der Waals surface area contributed by atoms with Crippen LogP contribution in [0.4, 0.5) is 0 Å². The number of benzene rings is 2. The van der Waals surface area contributed by atoms with Gasteiger partial charge in [-0.3, -0.25) is 14.4 Å². The number of hydrogen-bond donors (Lipinski definition) is 4. The van der Waals surface area contributed by atoms with E-state index in [-0.39, 0.29) is 46.9 Å². The number of methoxy groups -OCH3 is 1. The van der Waals surface area contributed by atoms with Gasteiger partial charge in [-0.05, 0) is 31.4 Å². The van der Waals surface area contributed by atoms with E-state index >= 15 is 0 Å². The fourth-order valence-electron chi connectivity index (χ4n) is 5.57. The van der Waals surface area contributed by atoms with Crippen molar-refractivity contribution in [2.45, 2.75) is 69.4 Å². The molecule has 1 saturated heterocycles. The standard InChI is InChI=1S/C27H29NO9/c1-11-23(30)16(28)8-19(36-11)37-18-10-27(34,12(2)29)9-15-21(18)26(33)22-14(24(15)31)7-13-5-4-6-17(35-3)20(13)25(22)32/h4-7,11,16,18-19,23,30,32,34H,8-10,28H2,1-3H3/t11-,16-,18-,19-,23+,27-/m0/s1. The minimum Gasteiger partial charge on any atom is -0.506 e. The molecule has 2 aromatic rings. The summed E-state index contributed by atoms with van der Waals surface area (Å²) in [6.07, 6.45) is -4.30. The quantitative estimate of drug-likeness (QED) is 0.473. The van der Waals surface area contributed by atoms with Gasteiger partial charge in [-0.1, -0.05) is 12.1 Å². The molecule has 10 heteroatoms. The van der Waals surface area contributed by atoms with Crippen molar-refractivity contribution in [3.63, 3.8) is 0 Å². The van der Waals surface area contributed by atoms with E-state index in [4.69, 9.17) is 19.9 Å². The van der Waals surface area contributed by atoms with E-state index in [1.807, 2.05) is 0 Å². The highest BCUT2D eigenvalue weighted by Gasteiger charge is 2.51. The molecule has 0 bridgehead atoms. The normalized spacial score (nSPS) is 31.8. The zero-order chi connectivity index (χ0) is 26.8. The van der Waals surface area contributed by atoms with Crippen LogP contribution in [0.3, 0.4) is 0 Å². The third-order valence-corrected chi connectivity index (χ3v) is 7.67. The van der Waals surface area contributed by atoms with Gasteiger partial charge in [0.15, 0.2) is 23.6 Å². The average molecular weight is 512 g/mol. The molecule has 10 nitrogen and oxygen atoms in total. The Morgan fingerprint density at radius 1 is 1.24 bits per heavy atom. The molecule has 0 amide bonds. The van der Waals surface area contributed by atoms with Crippen molar-refractivity contribution in [2.75, 3.05) is 7.11 Å². The number of fused-ring (bicyclic) bond motifs is 2. The van der Waals surface area contributed by atoms with Crippen molar-refractivity contribution in [1.29, 1.82) is 0 Å². The third kappa shape index (κ3) is 3.96. The highest BCUT2D eigenvalue weighted by atomic mass is 16.7. The van der Waals surface area contributed by atoms with Gasteiger partial charge in [-0.25, -0.2) is 0 Å². The van der Waals surface area contributed by atoms with Crippen molar-refractivity contribution in [1.82, 2.24) is 0 Å². The number of Topliss-reactive ketones (excluding diaryl/α,β-unsaturated/α-hetero) is 3. The summed E-state index contributed by atoms with van der Waals surface area (Å²) in [5, 5.41) is 33.3. The Morgan fingerprint density at radius 3 is 2.62 bits per heavy atom. The fraction of sp³-hybridized carbons (Fsp3) is 0.444. The molecule has 0 saturated carbocycles. The monoisotopic (exact) mass is 511 g/mol. The summed E-state index contributed by atoms with van der Waals surface area (Å²) in [4.78, 5) is 40.1. The van der Waals surface area contributed by atoms with Crippen molar-refractivity contribution in [3.05, 3.63) is 46.5 Å². The Morgan fingerprint density at radius 2 is 1.97 bits per heavy atom. The lowest BCUT2D eigenvalue weighted by Gasteiger charge is -2.42. The van der Waals surface area contributed by atoms with E-state index in [1.54, 1.807) is 25.1 Å². The van der Waals surface area contributed by atoms with Crippen molar-refractivity contribution < 1.29 is 43.9 Å². The molecule has 37 heavy (non-hydrogen) atoms. The van der Waals surface area contributed by atoms with Gasteiger partial charge in [-0.2, -0.15) is 0 Å². The number of aliphatic hydroxyl groups is 2. The second-order valence-corrected chi connectivity index (χ2v) is 10.0. The van der Waals surface area contributed by atoms with Crippen LogP contribution < -0.4 is 10.5 Å². The van der Waals surface area contributed by atoms with Crippen LogP contribution in [0.5, 0.6) is 11.5 Å². The molecule has 196 valence electrons. The number of rotatable bonds is 4. The number of aromatic hydroxyl groups is 1. The first kappa shape index (κ1) is 25.5. The first-order chi connectivity index (χ1) is 17.5. The molecular formula is C27H29NO9. The number of ether oxygens (including phenoxy) is 3. The predicted molar refractivity (Wildman–Crippen MR) is 131 cm³/mol. The zero-order valence-corrected chi connectivity index (χ0v) is 20.7. The van der Waals surface area contributed by atoms with E-state index < -0.39 is 59.3 Å². The van der Waals surface area contributed by atoms with Crippen molar-refractivity contribution >= 4 is 28.1 Å². The van der Waals surface area contributed by atoms with Crippen LogP contribution in [0.1, 0.15) is 53.8 Å². The van der Waals surface area contributed by atoms with Crippen LogP contribution in [0.2, 0.25) is 0 Å². The van der Waals surface area contributed by atoms with Crippen LogP contribution in [-0.4, -0.2) is 76.0 Å². The van der Waals surface area contributed by atoms with Crippen LogP contribution in [0.15, 0.2) is 35.4 Å². The molecule has 2 aliphatic carbocycles. The van der Waals surface area contributed by atoms with Crippen molar-refractivity contribution in [2.24, 2.45) is 5.73 Å². The lowest BCUT2D eigenvalue weighted by atomic mass is 9.69. The summed E-state index contributed by atoms with van der Waals surface area (Å²) >= 11 is 0. The number of ketones is 3. The molecule has 1 aliphatic heterocycles. The number of aliphatic hydroxyl groups excluding tert-OH is 1. The highest BCUT2D eigenvalue weighted by Crippen LogP contribution is 2.47. The summed E-state index contributed by atoms with van der Waals surface area (Å²) in [5.41, 5.74) is 3.78. The number of phenolic OH excluding ortho intramolecular Hbond substituents is 1. The third-order valence-electron chi connectivity index (χ3n) is 7.67. The summed E-state index contributed by atoms with van der Waals surface area (Å²) < 4.78 is 17.2. The van der Waals surface area contributed by atoms with Crippen LogP contribution >= 0.6 is 0 Å². The van der Waals surface area contributed by atoms with Crippen molar-refractivity contribution in [3.8, 4) is 11.5 Å². The smallest absolute Gasteiger partial charge is 0.196 e. The van der Waals surface area contributed by atoms with E-state index in [2.05, 4.69) is 0 Å². The summed E-state index contributed by atoms with van der Waals surface area (Å²) in [6, 6.07) is 5.84. The van der Waals surface area contributed by atoms with E-state index in [1.165, 1.54) is 20.1 Å². The average Bonchev–Trinajstić information content (AvgIpc) is 2.84. The summed E-state index contributed by atoms with van der Waals surface area (Å²) in [6.45, 7) is 2.84. The second kappa shape index (κ2) is 9.00. The Balaban J connectivity index is 1.64. The topological polar surface area (TPSA) is 166 Å². The minimum atomic E-state index is -1.94. The van der Waals surface area contributed by atoms with Gasteiger partial charge in [0, 0.05) is 42.0 Å². The van der Waals surface area contributed by atoms with Crippen LogP contribution in [0.25, 0.3) is 10.8 Å². The summed E-state index contributed by atoms with van der Waals surface area (Å²) in [7, 11) is 1.43. The maximum Gasteiger partial charge on any atom is 0.196 e. The first-order valence-electron chi connectivity index (χ1n) is 12.1. The van der Waals surface area contributed by atoms with Crippen LogP contribution in [-0.2, 0) is 14.3 Å². The van der Waals surface area contributed by atoms with Gasteiger partial charge in [0.05, 0.1) is 36.4 Å². The number of carbonyl (C=O) groups excluding carboxylic acids is 3. The molecule has 0 unspecified atom stereocenters. The van der Waals surface area contributed by atoms with Gasteiger partial charge >= 0.3 is 0 Å². The summed E-state index contributed by atoms with van der Waals surface area (Å²) in [5.74, 6) is -1.86. The van der Waals surface area contributed by atoms with Gasteiger partial charge in [0.25, 0.3) is 0 Å². The van der Waals surface area contributed by atoms with Gasteiger partial charge < -0.3 is 35.3 Å². The molecule has 1 fully saturated rings. The molecule has 5 rings (SSSR count). The zero-order valence-electron chi connectivity index (χ0n) is 20.7. The number of hydrogen-bond acceptors (Lipinski definition) is 10. The molecule has 0 aromatic heterocycles. The maximum atomic E-state index is 13.9. The van der Waals surface area contributed by atoms with Crippen LogP contribution in [0, 0.1) is 0 Å². The largest absolute Gasteiger partial charge is 0.506 e. The number of nitrogens with two attached hydrogens (primary N) is 1. The number of carbonyl (C=O) groups is 3. The molecule has 1 heterocycles. The molecule has 2 aromatic carbocycles. The number of phenols is 1. The van der Waals surface area contributed by atoms with Gasteiger partial charge in [0.2, 0.25) is 0 Å². The fourth-order valence-corrected chi connectivity index (χ4v) is 5.57. The first-order valence-corrected chi connectivity index (χ1v) is 12.1. The molecule has 0 spiro atoms. The Hall–Kier alpha value is -3.15. The van der Waals surface area contributed by atoms with Gasteiger partial charge in [-0.15, -0.1) is 0 Å². The predicted octanol–water partition coefficient (Wildman–Crippen LogP) is 1.55. The molecular weight excluding hydrogens is 482 g/mol. The Bertz CT molecular complexity index is 1350. The second-order valence-electron chi connectivity index (χ2n) is 10.0. The van der Waals surface area contributed by atoms with E-state index in [0.717, 1.165) is 0 Å². The Labute approximate surface area is 212 Å². The molecule has 3 aliphatic rings. The Kier molecular flexibility index (Phi) is 6.20. The molecule has 0 radical (unpaired) electrons. The SMILES string of the molecule is COc1cccc2cc3c(c(O)c12)C(=O)C1=C(C[C@@](O)(C(C)=O)C[C@@H]1O[C@H]1C[C@H](N)[C@H](O)[C@H](C)O1)C3=O. The lowest BCUT2D eigenvalue weighted by Crippen LogP contribution is -2.54. The van der Waals surface area contributed by atoms with Gasteiger partial charge in [0.1, 0.15) is 17.1 Å². The maximum absolute atomic E-state index is 13.9. The molecule has 6 atom stereocenters. The van der Waals surface area contributed by atoms with E-state index in [9.17, 15) is 29.7 Å². The lowest BCUT2D eigenvalue weighted by molar-refractivity contribution is -0.239.